The van der Waals surface area contributed by atoms with Crippen LogP contribution in [-0.4, -0.2) is 18.7 Å². The van der Waals surface area contributed by atoms with Crippen LogP contribution in [0.2, 0.25) is 5.02 Å². The van der Waals surface area contributed by atoms with Gasteiger partial charge >= 0.3 is 0 Å². The van der Waals surface area contributed by atoms with Gasteiger partial charge in [0.2, 0.25) is 0 Å². The Kier molecular flexibility index (Phi) is 5.98. The van der Waals surface area contributed by atoms with Gasteiger partial charge in [-0.25, -0.2) is 5.43 Å². The van der Waals surface area contributed by atoms with E-state index in [2.05, 4.69) is 26.5 Å². The predicted octanol–water partition coefficient (Wildman–Crippen LogP) is 3.94. The SMILES string of the molecule is Cc1cccc(C=NNC(=O)COc2ccc(Br)cc2Cl)c1. The van der Waals surface area contributed by atoms with Gasteiger partial charge < -0.3 is 4.74 Å². The fraction of sp³-hybridized carbons (Fsp3) is 0.125. The van der Waals surface area contributed by atoms with Gasteiger partial charge in [-0.1, -0.05) is 57.4 Å². The Balaban J connectivity index is 1.83. The number of benzene rings is 2. The number of halogens is 2. The van der Waals surface area contributed by atoms with E-state index in [-0.39, 0.29) is 12.5 Å². The smallest absolute Gasteiger partial charge is 0.277 e. The molecule has 0 saturated carbocycles. The lowest BCUT2D eigenvalue weighted by Crippen LogP contribution is -2.24. The second kappa shape index (κ2) is 7.96. The Morgan fingerprint density at radius 1 is 1.36 bits per heavy atom. The normalized spacial score (nSPS) is 10.7. The summed E-state index contributed by atoms with van der Waals surface area (Å²) < 4.78 is 6.18. The second-order valence-corrected chi connectivity index (χ2v) is 5.89. The Hall–Kier alpha value is -1.85. The zero-order chi connectivity index (χ0) is 15.9. The Bertz CT molecular complexity index is 704. The van der Waals surface area contributed by atoms with Gasteiger partial charge in [0.1, 0.15) is 5.75 Å². The van der Waals surface area contributed by atoms with E-state index in [4.69, 9.17) is 16.3 Å². The highest BCUT2D eigenvalue weighted by molar-refractivity contribution is 9.10. The highest BCUT2D eigenvalue weighted by Gasteiger charge is 2.05. The molecule has 1 N–H and O–H groups in total. The number of nitrogens with one attached hydrogen (secondary N) is 1. The van der Waals surface area contributed by atoms with E-state index >= 15 is 0 Å². The molecule has 0 fully saturated rings. The Morgan fingerprint density at radius 2 is 2.18 bits per heavy atom. The van der Waals surface area contributed by atoms with Crippen molar-refractivity contribution in [3.8, 4) is 5.75 Å². The van der Waals surface area contributed by atoms with Crippen molar-refractivity contribution in [3.05, 3.63) is 63.1 Å². The maximum atomic E-state index is 11.6. The monoisotopic (exact) mass is 380 g/mol. The summed E-state index contributed by atoms with van der Waals surface area (Å²) in [5.41, 5.74) is 4.45. The van der Waals surface area contributed by atoms with Crippen molar-refractivity contribution in [2.24, 2.45) is 5.10 Å². The topological polar surface area (TPSA) is 50.7 Å². The van der Waals surface area contributed by atoms with E-state index in [1.54, 1.807) is 24.4 Å². The Labute approximate surface area is 142 Å². The molecule has 6 heteroatoms. The van der Waals surface area contributed by atoms with Crippen molar-refractivity contribution in [1.29, 1.82) is 0 Å². The summed E-state index contributed by atoms with van der Waals surface area (Å²) in [7, 11) is 0. The lowest BCUT2D eigenvalue weighted by molar-refractivity contribution is -0.123. The van der Waals surface area contributed by atoms with Gasteiger partial charge in [0.05, 0.1) is 11.2 Å². The minimum absolute atomic E-state index is 0.160. The molecule has 0 unspecified atom stereocenters. The standard InChI is InChI=1S/C16H14BrClN2O2/c1-11-3-2-4-12(7-11)9-19-20-16(21)10-22-15-6-5-13(17)8-14(15)18/h2-9H,10H2,1H3,(H,20,21). The van der Waals surface area contributed by atoms with Crippen molar-refractivity contribution in [2.45, 2.75) is 6.92 Å². The van der Waals surface area contributed by atoms with E-state index in [9.17, 15) is 4.79 Å². The molecule has 0 aliphatic rings. The Morgan fingerprint density at radius 3 is 2.91 bits per heavy atom. The molecule has 2 aromatic rings. The highest BCUT2D eigenvalue weighted by Crippen LogP contribution is 2.27. The van der Waals surface area contributed by atoms with Gasteiger partial charge in [0.15, 0.2) is 6.61 Å². The van der Waals surface area contributed by atoms with Crippen molar-refractivity contribution < 1.29 is 9.53 Å². The maximum absolute atomic E-state index is 11.6. The number of carbonyl (C=O) groups is 1. The van der Waals surface area contributed by atoms with E-state index in [0.29, 0.717) is 10.8 Å². The van der Waals surface area contributed by atoms with Gasteiger partial charge in [-0.3, -0.25) is 4.79 Å². The largest absolute Gasteiger partial charge is 0.482 e. The number of hydrogen-bond donors (Lipinski definition) is 1. The van der Waals surface area contributed by atoms with Crippen molar-refractivity contribution in [1.82, 2.24) is 5.43 Å². The molecule has 0 aliphatic carbocycles. The second-order valence-electron chi connectivity index (χ2n) is 4.57. The summed E-state index contributed by atoms with van der Waals surface area (Å²) in [6.45, 7) is 1.83. The van der Waals surface area contributed by atoms with Crippen LogP contribution in [0.4, 0.5) is 0 Å². The summed E-state index contributed by atoms with van der Waals surface area (Å²) in [5.74, 6) is 0.0885. The molecule has 0 spiro atoms. The van der Waals surface area contributed by atoms with Crippen LogP contribution in [0.25, 0.3) is 0 Å². The zero-order valence-corrected chi connectivity index (χ0v) is 14.2. The van der Waals surface area contributed by atoms with Gasteiger partial charge in [0.25, 0.3) is 5.91 Å². The number of carbonyl (C=O) groups excluding carboxylic acids is 1. The number of hydrazone groups is 1. The van der Waals surface area contributed by atoms with E-state index in [1.807, 2.05) is 31.2 Å². The first-order valence-corrected chi connectivity index (χ1v) is 7.68. The predicted molar refractivity (Wildman–Crippen MR) is 91.6 cm³/mol. The number of amides is 1. The first kappa shape index (κ1) is 16.5. The van der Waals surface area contributed by atoms with Crippen LogP contribution < -0.4 is 10.2 Å². The number of aryl methyl sites for hydroxylation is 1. The van der Waals surface area contributed by atoms with Crippen molar-refractivity contribution in [3.63, 3.8) is 0 Å². The lowest BCUT2D eigenvalue weighted by atomic mass is 10.2. The molecule has 2 rings (SSSR count). The molecule has 1 amide bonds. The maximum Gasteiger partial charge on any atom is 0.277 e. The van der Waals surface area contributed by atoms with Gasteiger partial charge in [-0.2, -0.15) is 5.10 Å². The zero-order valence-electron chi connectivity index (χ0n) is 11.8. The third-order valence-electron chi connectivity index (χ3n) is 2.70. The fourth-order valence-electron chi connectivity index (χ4n) is 1.70. The molecule has 0 heterocycles. The summed E-state index contributed by atoms with van der Waals surface area (Å²) in [6, 6.07) is 13.0. The van der Waals surface area contributed by atoms with E-state index in [1.165, 1.54) is 0 Å². The minimum atomic E-state index is -0.358. The molecule has 0 saturated heterocycles. The third-order valence-corrected chi connectivity index (χ3v) is 3.49. The number of ether oxygens (including phenoxy) is 1. The summed E-state index contributed by atoms with van der Waals surface area (Å²) in [4.78, 5) is 11.6. The summed E-state index contributed by atoms with van der Waals surface area (Å²) >= 11 is 9.30. The van der Waals surface area contributed by atoms with E-state index < -0.39 is 0 Å². The lowest BCUT2D eigenvalue weighted by Gasteiger charge is -2.07. The quantitative estimate of drug-likeness (QED) is 0.630. The fourth-order valence-corrected chi connectivity index (χ4v) is 2.43. The first-order chi connectivity index (χ1) is 10.5. The summed E-state index contributed by atoms with van der Waals surface area (Å²) in [6.07, 6.45) is 1.58. The molecule has 0 aromatic heterocycles. The molecule has 0 radical (unpaired) electrons. The van der Waals surface area contributed by atoms with Gasteiger partial charge in [-0.05, 0) is 30.7 Å². The average molecular weight is 382 g/mol. The molecule has 4 nitrogen and oxygen atoms in total. The molecule has 2 aromatic carbocycles. The molecule has 0 atom stereocenters. The van der Waals surface area contributed by atoms with E-state index in [0.717, 1.165) is 15.6 Å². The highest BCUT2D eigenvalue weighted by atomic mass is 79.9. The van der Waals surface area contributed by atoms with Crippen LogP contribution >= 0.6 is 27.5 Å². The third kappa shape index (κ3) is 5.16. The van der Waals surface area contributed by atoms with Gasteiger partial charge in [0, 0.05) is 4.47 Å². The molecule has 22 heavy (non-hydrogen) atoms. The van der Waals surface area contributed by atoms with Crippen molar-refractivity contribution in [2.75, 3.05) is 6.61 Å². The molecular weight excluding hydrogens is 368 g/mol. The molecule has 0 bridgehead atoms. The average Bonchev–Trinajstić information content (AvgIpc) is 2.46. The van der Waals surface area contributed by atoms with Crippen LogP contribution in [0.15, 0.2) is 52.0 Å². The summed E-state index contributed by atoms with van der Waals surface area (Å²) in [5, 5.41) is 4.32. The number of rotatable bonds is 5. The number of hydrogen-bond acceptors (Lipinski definition) is 3. The van der Waals surface area contributed by atoms with Gasteiger partial charge in [-0.15, -0.1) is 0 Å². The van der Waals surface area contributed by atoms with Crippen LogP contribution in [0.3, 0.4) is 0 Å². The van der Waals surface area contributed by atoms with Crippen LogP contribution in [-0.2, 0) is 4.79 Å². The molecular formula is C16H14BrClN2O2. The van der Waals surface area contributed by atoms with Crippen LogP contribution in [0, 0.1) is 6.92 Å². The minimum Gasteiger partial charge on any atom is -0.482 e. The molecule has 0 aliphatic heterocycles. The first-order valence-electron chi connectivity index (χ1n) is 6.51. The van der Waals surface area contributed by atoms with Crippen LogP contribution in [0.5, 0.6) is 5.75 Å². The van der Waals surface area contributed by atoms with Crippen molar-refractivity contribution >= 4 is 39.7 Å². The molecule has 114 valence electrons. The van der Waals surface area contributed by atoms with Crippen LogP contribution in [0.1, 0.15) is 11.1 Å². The number of nitrogens with zero attached hydrogens (tertiary/aromatic N) is 1.